The maximum atomic E-state index is 11.5. The van der Waals surface area contributed by atoms with E-state index in [0.717, 1.165) is 25.9 Å². The van der Waals surface area contributed by atoms with Crippen molar-refractivity contribution in [1.29, 1.82) is 0 Å². The molecule has 0 spiro atoms. The molecule has 1 fully saturated rings. The molecule has 4 N–H and O–H groups in total. The molecule has 21 heavy (non-hydrogen) atoms. The van der Waals surface area contributed by atoms with E-state index in [1.165, 1.54) is 0 Å². The molecule has 0 saturated heterocycles. The molecule has 0 atom stereocenters. The van der Waals surface area contributed by atoms with Gasteiger partial charge in [0.05, 0.1) is 0 Å². The molecule has 2 rings (SSSR count). The number of carbonyl (C=O) groups excluding carboxylic acids is 1. The molecule has 1 heterocycles. The molecule has 0 bridgehead atoms. The zero-order valence-corrected chi connectivity index (χ0v) is 12.6. The summed E-state index contributed by atoms with van der Waals surface area (Å²) < 4.78 is 0. The smallest absolute Gasteiger partial charge is 0.231 e. The minimum absolute atomic E-state index is 0.135. The molecule has 8 heteroatoms. The van der Waals surface area contributed by atoms with E-state index in [9.17, 15) is 4.79 Å². The Morgan fingerprint density at radius 1 is 1.24 bits per heavy atom. The average molecular weight is 293 g/mol. The van der Waals surface area contributed by atoms with Gasteiger partial charge in [0.15, 0.2) is 0 Å². The number of anilines is 3. The van der Waals surface area contributed by atoms with E-state index in [-0.39, 0.29) is 17.8 Å². The topological polar surface area (TPSA) is 109 Å². The van der Waals surface area contributed by atoms with Crippen molar-refractivity contribution in [3.63, 3.8) is 0 Å². The van der Waals surface area contributed by atoms with Crippen LogP contribution in [0.1, 0.15) is 26.7 Å². The summed E-state index contributed by atoms with van der Waals surface area (Å²) in [6, 6.07) is 0. The van der Waals surface area contributed by atoms with E-state index < -0.39 is 0 Å². The summed E-state index contributed by atoms with van der Waals surface area (Å²) in [5.74, 6) is 1.56. The van der Waals surface area contributed by atoms with Gasteiger partial charge in [0, 0.05) is 32.1 Å². The van der Waals surface area contributed by atoms with E-state index in [1.54, 1.807) is 0 Å². The van der Waals surface area contributed by atoms with Gasteiger partial charge in [-0.25, -0.2) is 0 Å². The van der Waals surface area contributed by atoms with Crippen molar-refractivity contribution >= 4 is 23.8 Å². The summed E-state index contributed by atoms with van der Waals surface area (Å²) in [5, 5.41) is 5.93. The maximum absolute atomic E-state index is 11.5. The van der Waals surface area contributed by atoms with Crippen LogP contribution in [0.3, 0.4) is 0 Å². The van der Waals surface area contributed by atoms with Gasteiger partial charge in [-0.3, -0.25) is 4.79 Å². The molecule has 1 saturated carbocycles. The van der Waals surface area contributed by atoms with E-state index >= 15 is 0 Å². The van der Waals surface area contributed by atoms with Gasteiger partial charge in [0.25, 0.3) is 0 Å². The highest BCUT2D eigenvalue weighted by Crippen LogP contribution is 2.28. The number of hydrogen-bond acceptors (Lipinski definition) is 7. The third-order valence-electron chi connectivity index (χ3n) is 3.34. The number of nitrogens with one attached hydrogen (secondary N) is 2. The first-order valence-electron chi connectivity index (χ1n) is 7.42. The predicted octanol–water partition coefficient (Wildman–Crippen LogP) is 0.238. The standard InChI is InChI=1S/C13H23N7O/c1-3-20(4-2)13-18-11(14)17-12(19-13)16-8-7-15-10(21)9-5-6-9/h9H,3-8H2,1-2H3,(H,15,21)(H3,14,16,17,18,19). The monoisotopic (exact) mass is 293 g/mol. The summed E-state index contributed by atoms with van der Waals surface area (Å²) in [7, 11) is 0. The zero-order valence-electron chi connectivity index (χ0n) is 12.6. The van der Waals surface area contributed by atoms with Gasteiger partial charge in [-0.1, -0.05) is 0 Å². The van der Waals surface area contributed by atoms with Crippen LogP contribution in [0.25, 0.3) is 0 Å². The van der Waals surface area contributed by atoms with E-state index in [1.807, 2.05) is 18.7 Å². The average Bonchev–Trinajstić information content (AvgIpc) is 3.29. The molecular formula is C13H23N7O. The lowest BCUT2D eigenvalue weighted by Crippen LogP contribution is -2.30. The largest absolute Gasteiger partial charge is 0.368 e. The third-order valence-corrected chi connectivity index (χ3v) is 3.34. The van der Waals surface area contributed by atoms with Crippen molar-refractivity contribution in [2.75, 3.05) is 42.1 Å². The predicted molar refractivity (Wildman–Crippen MR) is 82.0 cm³/mol. The Morgan fingerprint density at radius 3 is 2.57 bits per heavy atom. The second-order valence-electron chi connectivity index (χ2n) is 4.98. The lowest BCUT2D eigenvalue weighted by Gasteiger charge is -2.19. The minimum Gasteiger partial charge on any atom is -0.368 e. The summed E-state index contributed by atoms with van der Waals surface area (Å²) in [6.07, 6.45) is 2.02. The number of nitrogen functional groups attached to an aromatic ring is 1. The van der Waals surface area contributed by atoms with Gasteiger partial charge < -0.3 is 21.3 Å². The highest BCUT2D eigenvalue weighted by molar-refractivity contribution is 5.80. The van der Waals surface area contributed by atoms with Crippen LogP contribution in [0.5, 0.6) is 0 Å². The lowest BCUT2D eigenvalue weighted by molar-refractivity contribution is -0.122. The van der Waals surface area contributed by atoms with Crippen molar-refractivity contribution in [1.82, 2.24) is 20.3 Å². The number of nitrogens with two attached hydrogens (primary N) is 1. The van der Waals surface area contributed by atoms with Gasteiger partial charge in [0.1, 0.15) is 0 Å². The fourth-order valence-electron chi connectivity index (χ4n) is 1.96. The second-order valence-corrected chi connectivity index (χ2v) is 4.98. The maximum Gasteiger partial charge on any atom is 0.231 e. The molecule has 0 aromatic carbocycles. The zero-order chi connectivity index (χ0) is 15.2. The minimum atomic E-state index is 0.135. The van der Waals surface area contributed by atoms with Crippen molar-refractivity contribution < 1.29 is 4.79 Å². The summed E-state index contributed by atoms with van der Waals surface area (Å²) in [4.78, 5) is 26.0. The molecule has 0 unspecified atom stereocenters. The quantitative estimate of drug-likeness (QED) is 0.589. The Balaban J connectivity index is 1.85. The summed E-state index contributed by atoms with van der Waals surface area (Å²) in [5.41, 5.74) is 5.71. The van der Waals surface area contributed by atoms with Crippen LogP contribution < -0.4 is 21.3 Å². The van der Waals surface area contributed by atoms with Crippen LogP contribution in [0.15, 0.2) is 0 Å². The number of rotatable bonds is 8. The molecule has 0 radical (unpaired) electrons. The molecule has 1 aromatic rings. The Hall–Kier alpha value is -2.12. The van der Waals surface area contributed by atoms with Crippen LogP contribution in [0.2, 0.25) is 0 Å². The molecule has 1 aliphatic carbocycles. The van der Waals surface area contributed by atoms with Crippen LogP contribution in [-0.2, 0) is 4.79 Å². The van der Waals surface area contributed by atoms with Crippen molar-refractivity contribution in [2.24, 2.45) is 5.92 Å². The van der Waals surface area contributed by atoms with E-state index in [0.29, 0.717) is 25.0 Å². The van der Waals surface area contributed by atoms with Crippen molar-refractivity contribution in [2.45, 2.75) is 26.7 Å². The van der Waals surface area contributed by atoms with Gasteiger partial charge in [-0.15, -0.1) is 0 Å². The number of nitrogens with zero attached hydrogens (tertiary/aromatic N) is 4. The van der Waals surface area contributed by atoms with Crippen LogP contribution in [-0.4, -0.2) is 47.0 Å². The van der Waals surface area contributed by atoms with Gasteiger partial charge >= 0.3 is 0 Å². The van der Waals surface area contributed by atoms with Crippen LogP contribution in [0.4, 0.5) is 17.8 Å². The first-order valence-corrected chi connectivity index (χ1v) is 7.42. The van der Waals surface area contributed by atoms with Gasteiger partial charge in [0.2, 0.25) is 23.8 Å². The van der Waals surface area contributed by atoms with E-state index in [2.05, 4.69) is 25.6 Å². The Bertz CT molecular complexity index is 485. The van der Waals surface area contributed by atoms with E-state index in [4.69, 9.17) is 5.73 Å². The SMILES string of the molecule is CCN(CC)c1nc(N)nc(NCCNC(=O)C2CC2)n1. The molecule has 1 aliphatic rings. The Labute approximate surface area is 124 Å². The number of amides is 1. The number of aromatic nitrogens is 3. The summed E-state index contributed by atoms with van der Waals surface area (Å²) >= 11 is 0. The normalized spacial score (nSPS) is 13.8. The lowest BCUT2D eigenvalue weighted by atomic mass is 10.4. The van der Waals surface area contributed by atoms with Gasteiger partial charge in [-0.2, -0.15) is 15.0 Å². The second kappa shape index (κ2) is 7.05. The first-order chi connectivity index (χ1) is 10.1. The Morgan fingerprint density at radius 2 is 1.95 bits per heavy atom. The third kappa shape index (κ3) is 4.44. The molecule has 1 amide bonds. The fourth-order valence-corrected chi connectivity index (χ4v) is 1.96. The van der Waals surface area contributed by atoms with Crippen molar-refractivity contribution in [3.05, 3.63) is 0 Å². The number of carbonyl (C=O) groups is 1. The summed E-state index contributed by atoms with van der Waals surface area (Å²) in [6.45, 7) is 6.77. The highest BCUT2D eigenvalue weighted by Gasteiger charge is 2.28. The highest BCUT2D eigenvalue weighted by atomic mass is 16.2. The Kier molecular flexibility index (Phi) is 5.13. The molecule has 8 nitrogen and oxygen atoms in total. The fraction of sp³-hybridized carbons (Fsp3) is 0.692. The van der Waals surface area contributed by atoms with Gasteiger partial charge in [-0.05, 0) is 26.7 Å². The van der Waals surface area contributed by atoms with Crippen LogP contribution >= 0.6 is 0 Å². The molecule has 1 aromatic heterocycles. The first kappa shape index (κ1) is 15.3. The van der Waals surface area contributed by atoms with Crippen LogP contribution in [0, 0.1) is 5.92 Å². The number of hydrogen-bond donors (Lipinski definition) is 3. The molecular weight excluding hydrogens is 270 g/mol. The molecule has 116 valence electrons. The van der Waals surface area contributed by atoms with Crippen molar-refractivity contribution in [3.8, 4) is 0 Å². The molecule has 0 aliphatic heterocycles.